The van der Waals surface area contributed by atoms with Crippen molar-refractivity contribution < 1.29 is 14.6 Å². The number of rotatable bonds is 4. The Labute approximate surface area is 95.8 Å². The molecule has 2 aliphatic heterocycles. The number of nitrogens with one attached hydrogen (secondary N) is 1. The summed E-state index contributed by atoms with van der Waals surface area (Å²) >= 11 is 0. The highest BCUT2D eigenvalue weighted by atomic mass is 16.5. The molecule has 2 heterocycles. The van der Waals surface area contributed by atoms with Gasteiger partial charge in [0.1, 0.15) is 6.04 Å². The van der Waals surface area contributed by atoms with E-state index in [1.807, 2.05) is 0 Å². The average Bonchev–Trinajstić information content (AvgIpc) is 2.79. The van der Waals surface area contributed by atoms with Gasteiger partial charge < -0.3 is 15.2 Å². The topological polar surface area (TPSA) is 61.8 Å². The first kappa shape index (κ1) is 11.8. The van der Waals surface area contributed by atoms with Gasteiger partial charge >= 0.3 is 5.97 Å². The maximum atomic E-state index is 11.0. The zero-order valence-electron chi connectivity index (χ0n) is 9.52. The summed E-state index contributed by atoms with van der Waals surface area (Å²) in [5.74, 6) is -0.723. The number of carbonyl (C=O) groups is 1. The number of hydrogen-bond donors (Lipinski definition) is 2. The third-order valence-electron chi connectivity index (χ3n) is 3.40. The molecule has 0 aromatic rings. The van der Waals surface area contributed by atoms with Crippen molar-refractivity contribution in [3.63, 3.8) is 0 Å². The Hall–Kier alpha value is -0.650. The van der Waals surface area contributed by atoms with Crippen molar-refractivity contribution in [2.24, 2.45) is 0 Å². The van der Waals surface area contributed by atoms with Crippen LogP contribution in [-0.4, -0.2) is 60.9 Å². The fourth-order valence-corrected chi connectivity index (χ4v) is 2.44. The van der Waals surface area contributed by atoms with Crippen molar-refractivity contribution in [2.45, 2.75) is 31.4 Å². The molecule has 92 valence electrons. The zero-order chi connectivity index (χ0) is 11.4. The van der Waals surface area contributed by atoms with E-state index in [1.54, 1.807) is 0 Å². The first-order valence-electron chi connectivity index (χ1n) is 6.06. The lowest BCUT2D eigenvalue weighted by molar-refractivity contribution is -0.144. The normalized spacial score (nSPS) is 31.8. The Balaban J connectivity index is 1.78. The molecule has 0 bridgehead atoms. The summed E-state index contributed by atoms with van der Waals surface area (Å²) in [6, 6.07) is -0.366. The van der Waals surface area contributed by atoms with Gasteiger partial charge in [-0.25, -0.2) is 0 Å². The molecule has 5 nitrogen and oxygen atoms in total. The minimum absolute atomic E-state index is 0.351. The summed E-state index contributed by atoms with van der Waals surface area (Å²) in [7, 11) is 0. The molecule has 5 heteroatoms. The molecular formula is C11H20N2O3. The Morgan fingerprint density at radius 2 is 2.44 bits per heavy atom. The van der Waals surface area contributed by atoms with Gasteiger partial charge in [0.25, 0.3) is 0 Å². The van der Waals surface area contributed by atoms with Crippen LogP contribution >= 0.6 is 0 Å². The molecule has 2 N–H and O–H groups in total. The molecule has 0 saturated carbocycles. The van der Waals surface area contributed by atoms with Crippen LogP contribution in [-0.2, 0) is 9.53 Å². The van der Waals surface area contributed by atoms with E-state index >= 15 is 0 Å². The van der Waals surface area contributed by atoms with Crippen molar-refractivity contribution in [3.8, 4) is 0 Å². The molecule has 16 heavy (non-hydrogen) atoms. The highest BCUT2D eigenvalue weighted by Crippen LogP contribution is 2.16. The minimum atomic E-state index is -0.723. The third kappa shape index (κ3) is 2.93. The first-order valence-corrected chi connectivity index (χ1v) is 6.06. The summed E-state index contributed by atoms with van der Waals surface area (Å²) < 4.78 is 5.55. The molecular weight excluding hydrogens is 208 g/mol. The number of piperazine rings is 1. The van der Waals surface area contributed by atoms with Crippen LogP contribution in [0.15, 0.2) is 0 Å². The van der Waals surface area contributed by atoms with Crippen LogP contribution in [0.3, 0.4) is 0 Å². The van der Waals surface area contributed by atoms with E-state index in [9.17, 15) is 4.79 Å². The molecule has 0 aromatic heterocycles. The van der Waals surface area contributed by atoms with Crippen molar-refractivity contribution in [1.29, 1.82) is 0 Å². The standard InChI is InChI=1S/C11H20N2O3/c14-11(15)10-8-12-4-6-13(10)5-3-9-2-1-7-16-9/h9-10,12H,1-8H2,(H,14,15). The van der Waals surface area contributed by atoms with Gasteiger partial charge in [-0.3, -0.25) is 9.69 Å². The molecule has 2 rings (SSSR count). The number of nitrogens with zero attached hydrogens (tertiary/aromatic N) is 1. The third-order valence-corrected chi connectivity index (χ3v) is 3.40. The highest BCUT2D eigenvalue weighted by molar-refractivity contribution is 5.73. The molecule has 2 aliphatic rings. The van der Waals surface area contributed by atoms with E-state index < -0.39 is 5.97 Å². The predicted octanol–water partition coefficient (Wildman–Crippen LogP) is -0.0861. The Morgan fingerprint density at radius 1 is 1.56 bits per heavy atom. The summed E-state index contributed by atoms with van der Waals surface area (Å²) in [4.78, 5) is 13.1. The second-order valence-corrected chi connectivity index (χ2v) is 4.52. The molecule has 2 saturated heterocycles. The van der Waals surface area contributed by atoms with Gasteiger partial charge in [0, 0.05) is 32.8 Å². The Bertz CT molecular complexity index is 241. The minimum Gasteiger partial charge on any atom is -0.480 e. The molecule has 0 amide bonds. The monoisotopic (exact) mass is 228 g/mol. The number of carboxylic acids is 1. The second kappa shape index (κ2) is 5.61. The van der Waals surface area contributed by atoms with Gasteiger partial charge in [-0.05, 0) is 19.3 Å². The van der Waals surface area contributed by atoms with Crippen LogP contribution in [0.25, 0.3) is 0 Å². The molecule has 2 unspecified atom stereocenters. The van der Waals surface area contributed by atoms with Crippen LogP contribution in [0.5, 0.6) is 0 Å². The van der Waals surface area contributed by atoms with Gasteiger partial charge in [-0.15, -0.1) is 0 Å². The van der Waals surface area contributed by atoms with Crippen LogP contribution in [0.4, 0.5) is 0 Å². The van der Waals surface area contributed by atoms with E-state index in [0.29, 0.717) is 12.6 Å². The van der Waals surface area contributed by atoms with E-state index in [2.05, 4.69) is 10.2 Å². The number of ether oxygens (including phenoxy) is 1. The van der Waals surface area contributed by atoms with Gasteiger partial charge in [0.2, 0.25) is 0 Å². The maximum Gasteiger partial charge on any atom is 0.322 e. The van der Waals surface area contributed by atoms with E-state index in [0.717, 1.165) is 45.5 Å². The second-order valence-electron chi connectivity index (χ2n) is 4.52. The van der Waals surface area contributed by atoms with Gasteiger partial charge in [-0.1, -0.05) is 0 Å². The lowest BCUT2D eigenvalue weighted by Gasteiger charge is -2.33. The fraction of sp³-hybridized carbons (Fsp3) is 0.909. The van der Waals surface area contributed by atoms with Gasteiger partial charge in [0.15, 0.2) is 0 Å². The lowest BCUT2D eigenvalue weighted by Crippen LogP contribution is -2.55. The number of carboxylic acid groups (broad SMARTS) is 1. The smallest absolute Gasteiger partial charge is 0.322 e. The number of aliphatic carboxylic acids is 1. The molecule has 0 radical (unpaired) electrons. The zero-order valence-corrected chi connectivity index (χ0v) is 9.52. The molecule has 0 spiro atoms. The Morgan fingerprint density at radius 3 is 3.12 bits per heavy atom. The molecule has 2 atom stereocenters. The predicted molar refractivity (Wildman–Crippen MR) is 59.5 cm³/mol. The lowest BCUT2D eigenvalue weighted by atomic mass is 10.1. The summed E-state index contributed by atoms with van der Waals surface area (Å²) in [6.07, 6.45) is 3.59. The largest absolute Gasteiger partial charge is 0.480 e. The SMILES string of the molecule is O=C(O)C1CNCCN1CCC1CCCO1. The first-order chi connectivity index (χ1) is 7.77. The van der Waals surface area contributed by atoms with Crippen LogP contribution < -0.4 is 5.32 Å². The van der Waals surface area contributed by atoms with E-state index in [1.165, 1.54) is 0 Å². The van der Waals surface area contributed by atoms with Crippen LogP contribution in [0.1, 0.15) is 19.3 Å². The molecule has 0 aliphatic carbocycles. The Kier molecular flexibility index (Phi) is 4.15. The summed E-state index contributed by atoms with van der Waals surface area (Å²) in [5.41, 5.74) is 0. The maximum absolute atomic E-state index is 11.0. The highest BCUT2D eigenvalue weighted by Gasteiger charge is 2.28. The molecule has 0 aromatic carbocycles. The summed E-state index contributed by atoms with van der Waals surface area (Å²) in [6.45, 7) is 3.97. The molecule has 2 fully saturated rings. The average molecular weight is 228 g/mol. The van der Waals surface area contributed by atoms with Crippen molar-refractivity contribution in [3.05, 3.63) is 0 Å². The van der Waals surface area contributed by atoms with E-state index in [-0.39, 0.29) is 6.04 Å². The van der Waals surface area contributed by atoms with Crippen molar-refractivity contribution in [1.82, 2.24) is 10.2 Å². The van der Waals surface area contributed by atoms with Gasteiger partial charge in [0.05, 0.1) is 6.10 Å². The van der Waals surface area contributed by atoms with Crippen LogP contribution in [0.2, 0.25) is 0 Å². The van der Waals surface area contributed by atoms with Crippen molar-refractivity contribution >= 4 is 5.97 Å². The summed E-state index contributed by atoms with van der Waals surface area (Å²) in [5, 5.41) is 12.2. The fourth-order valence-electron chi connectivity index (χ4n) is 2.44. The van der Waals surface area contributed by atoms with Crippen molar-refractivity contribution in [2.75, 3.05) is 32.8 Å². The van der Waals surface area contributed by atoms with Gasteiger partial charge in [-0.2, -0.15) is 0 Å². The van der Waals surface area contributed by atoms with E-state index in [4.69, 9.17) is 9.84 Å². The van der Waals surface area contributed by atoms with Crippen LogP contribution in [0, 0.1) is 0 Å². The number of hydrogen-bond acceptors (Lipinski definition) is 4. The quantitative estimate of drug-likeness (QED) is 0.704.